The summed E-state index contributed by atoms with van der Waals surface area (Å²) in [5.74, 6) is -3.47. The molecule has 0 saturated carbocycles. The molecule has 1 saturated heterocycles. The molecule has 2 rings (SSSR count). The summed E-state index contributed by atoms with van der Waals surface area (Å²) in [7, 11) is 2.45. The highest BCUT2D eigenvalue weighted by Gasteiger charge is 2.64. The number of hydrogen-bond donors (Lipinski definition) is 1. The molecule has 1 heterocycles. The molecule has 23 heavy (non-hydrogen) atoms. The molecule has 1 unspecified atom stereocenters. The van der Waals surface area contributed by atoms with Gasteiger partial charge in [0.2, 0.25) is 5.82 Å². The fraction of sp³-hybridized carbons (Fsp3) is 0.600. The van der Waals surface area contributed by atoms with Crippen molar-refractivity contribution in [3.05, 3.63) is 23.5 Å². The highest BCUT2D eigenvalue weighted by atomic mass is 19.4. The molecule has 0 spiro atoms. The molecule has 1 aliphatic rings. The SMILES string of the molecule is COc1ccc([C@H]2C(O)O[C@@](C)(C(F)(F)F)[C@H]2C)c(OC)c1F. The zero-order chi connectivity index (χ0) is 17.6. The van der Waals surface area contributed by atoms with Gasteiger partial charge >= 0.3 is 6.18 Å². The summed E-state index contributed by atoms with van der Waals surface area (Å²) in [5, 5.41) is 10.0. The minimum absolute atomic E-state index is 0.0961. The minimum Gasteiger partial charge on any atom is -0.494 e. The molecular formula is C15H18F4O4. The number of alkyl halides is 3. The third-order valence-corrected chi connectivity index (χ3v) is 4.52. The predicted octanol–water partition coefficient (Wildman–Crippen LogP) is 3.23. The third-order valence-electron chi connectivity index (χ3n) is 4.52. The van der Waals surface area contributed by atoms with Gasteiger partial charge in [0, 0.05) is 17.4 Å². The molecule has 0 aromatic heterocycles. The Bertz CT molecular complexity index is 590. The van der Waals surface area contributed by atoms with Crippen LogP contribution in [0.1, 0.15) is 25.3 Å². The summed E-state index contributed by atoms with van der Waals surface area (Å²) in [6.07, 6.45) is -6.42. The molecule has 130 valence electrons. The van der Waals surface area contributed by atoms with Crippen molar-refractivity contribution in [1.29, 1.82) is 0 Å². The van der Waals surface area contributed by atoms with Crippen molar-refractivity contribution in [3.8, 4) is 11.5 Å². The second kappa shape index (κ2) is 5.83. The number of aliphatic hydroxyl groups is 1. The van der Waals surface area contributed by atoms with Crippen molar-refractivity contribution in [2.24, 2.45) is 5.92 Å². The van der Waals surface area contributed by atoms with Gasteiger partial charge in [-0.1, -0.05) is 13.0 Å². The van der Waals surface area contributed by atoms with E-state index in [4.69, 9.17) is 14.2 Å². The molecule has 0 bridgehead atoms. The Labute approximate surface area is 131 Å². The first-order valence-corrected chi connectivity index (χ1v) is 6.91. The van der Waals surface area contributed by atoms with Crippen molar-refractivity contribution >= 4 is 0 Å². The van der Waals surface area contributed by atoms with E-state index in [0.717, 1.165) is 6.92 Å². The summed E-state index contributed by atoms with van der Waals surface area (Å²) < 4.78 is 68.7. The molecule has 1 fully saturated rings. The third kappa shape index (κ3) is 2.63. The van der Waals surface area contributed by atoms with Crippen LogP contribution < -0.4 is 9.47 Å². The summed E-state index contributed by atoms with van der Waals surface area (Å²) in [5.41, 5.74) is -2.45. The Morgan fingerprint density at radius 3 is 2.26 bits per heavy atom. The van der Waals surface area contributed by atoms with Crippen LogP contribution in [0.2, 0.25) is 0 Å². The van der Waals surface area contributed by atoms with E-state index in [1.165, 1.54) is 33.3 Å². The monoisotopic (exact) mass is 338 g/mol. The van der Waals surface area contributed by atoms with Crippen molar-refractivity contribution in [2.45, 2.75) is 37.8 Å². The second-order valence-corrected chi connectivity index (χ2v) is 5.63. The molecule has 1 aliphatic heterocycles. The maximum Gasteiger partial charge on any atom is 0.417 e. The van der Waals surface area contributed by atoms with Crippen LogP contribution in [0.25, 0.3) is 0 Å². The van der Waals surface area contributed by atoms with Gasteiger partial charge in [0.15, 0.2) is 23.4 Å². The van der Waals surface area contributed by atoms with Crippen molar-refractivity contribution < 1.29 is 36.9 Å². The Kier molecular flexibility index (Phi) is 4.51. The highest BCUT2D eigenvalue weighted by molar-refractivity contribution is 5.45. The van der Waals surface area contributed by atoms with Crippen LogP contribution in [-0.4, -0.2) is 37.4 Å². The number of hydrogen-bond acceptors (Lipinski definition) is 4. The lowest BCUT2D eigenvalue weighted by atomic mass is 9.79. The second-order valence-electron chi connectivity index (χ2n) is 5.63. The molecule has 4 atom stereocenters. The van der Waals surface area contributed by atoms with E-state index < -0.39 is 35.7 Å². The van der Waals surface area contributed by atoms with Crippen LogP contribution in [0, 0.1) is 11.7 Å². The largest absolute Gasteiger partial charge is 0.494 e. The Balaban J connectivity index is 2.53. The van der Waals surface area contributed by atoms with E-state index in [1.54, 1.807) is 0 Å². The highest BCUT2D eigenvalue weighted by Crippen LogP contribution is 2.54. The molecule has 4 nitrogen and oxygen atoms in total. The van der Waals surface area contributed by atoms with Gasteiger partial charge in [-0.2, -0.15) is 17.6 Å². The molecule has 0 amide bonds. The minimum atomic E-state index is -4.68. The maximum absolute atomic E-state index is 14.3. The summed E-state index contributed by atoms with van der Waals surface area (Å²) >= 11 is 0. The number of aliphatic hydroxyl groups excluding tert-OH is 1. The molecule has 0 aliphatic carbocycles. The molecule has 0 radical (unpaired) electrons. The lowest BCUT2D eigenvalue weighted by molar-refractivity contribution is -0.291. The topological polar surface area (TPSA) is 47.9 Å². The van der Waals surface area contributed by atoms with Crippen molar-refractivity contribution in [1.82, 2.24) is 0 Å². The summed E-state index contributed by atoms with van der Waals surface area (Å²) in [6.45, 7) is 2.17. The lowest BCUT2D eigenvalue weighted by Crippen LogP contribution is -2.46. The molecule has 1 N–H and O–H groups in total. The van der Waals surface area contributed by atoms with Crippen LogP contribution in [0.4, 0.5) is 17.6 Å². The lowest BCUT2D eigenvalue weighted by Gasteiger charge is -2.31. The van der Waals surface area contributed by atoms with E-state index in [-0.39, 0.29) is 17.1 Å². The van der Waals surface area contributed by atoms with Crippen molar-refractivity contribution in [2.75, 3.05) is 14.2 Å². The zero-order valence-corrected chi connectivity index (χ0v) is 13.1. The summed E-state index contributed by atoms with van der Waals surface area (Å²) in [4.78, 5) is 0. The van der Waals surface area contributed by atoms with Gasteiger partial charge in [-0.15, -0.1) is 0 Å². The fourth-order valence-corrected chi connectivity index (χ4v) is 2.95. The quantitative estimate of drug-likeness (QED) is 0.860. The van der Waals surface area contributed by atoms with Gasteiger partial charge in [0.05, 0.1) is 14.2 Å². The van der Waals surface area contributed by atoms with Gasteiger partial charge in [-0.05, 0) is 13.0 Å². The van der Waals surface area contributed by atoms with E-state index in [2.05, 4.69) is 0 Å². The van der Waals surface area contributed by atoms with Gasteiger partial charge in [-0.25, -0.2) is 0 Å². The first-order valence-electron chi connectivity index (χ1n) is 6.91. The Hall–Kier alpha value is -1.54. The normalized spacial score (nSPS) is 31.3. The average molecular weight is 338 g/mol. The first-order chi connectivity index (χ1) is 10.6. The standard InChI is InChI=1S/C15H18F4O4/c1-7-10(13(20)23-14(7,2)15(17,18)19)8-5-6-9(21-3)11(16)12(8)22-4/h5-7,10,13,20H,1-4H3/t7-,10-,13?,14+/m0/s1. The van der Waals surface area contributed by atoms with Gasteiger partial charge in [0.25, 0.3) is 0 Å². The van der Waals surface area contributed by atoms with Crippen LogP contribution in [-0.2, 0) is 4.74 Å². The number of rotatable bonds is 3. The van der Waals surface area contributed by atoms with Crippen LogP contribution >= 0.6 is 0 Å². The van der Waals surface area contributed by atoms with E-state index in [0.29, 0.717) is 0 Å². The zero-order valence-electron chi connectivity index (χ0n) is 13.1. The molecule has 1 aromatic carbocycles. The Morgan fingerprint density at radius 2 is 1.83 bits per heavy atom. The van der Waals surface area contributed by atoms with E-state index in [1.807, 2.05) is 0 Å². The number of benzene rings is 1. The number of methoxy groups -OCH3 is 2. The summed E-state index contributed by atoms with van der Waals surface area (Å²) in [6, 6.07) is 2.65. The van der Waals surface area contributed by atoms with Crippen LogP contribution in [0.5, 0.6) is 11.5 Å². The Morgan fingerprint density at radius 1 is 1.22 bits per heavy atom. The fourth-order valence-electron chi connectivity index (χ4n) is 2.95. The van der Waals surface area contributed by atoms with E-state index >= 15 is 0 Å². The van der Waals surface area contributed by atoms with Gasteiger partial charge < -0.3 is 19.3 Å². The van der Waals surface area contributed by atoms with Gasteiger partial charge in [0.1, 0.15) is 0 Å². The van der Waals surface area contributed by atoms with Crippen LogP contribution in [0.15, 0.2) is 12.1 Å². The number of halogens is 4. The molecular weight excluding hydrogens is 320 g/mol. The molecule has 8 heteroatoms. The van der Waals surface area contributed by atoms with E-state index in [9.17, 15) is 22.7 Å². The van der Waals surface area contributed by atoms with Gasteiger partial charge in [-0.3, -0.25) is 0 Å². The number of ether oxygens (including phenoxy) is 3. The van der Waals surface area contributed by atoms with Crippen molar-refractivity contribution in [3.63, 3.8) is 0 Å². The molecule has 1 aromatic rings. The average Bonchev–Trinajstić information content (AvgIpc) is 2.69. The maximum atomic E-state index is 14.3. The smallest absolute Gasteiger partial charge is 0.417 e. The first kappa shape index (κ1) is 17.8. The van der Waals surface area contributed by atoms with Crippen LogP contribution in [0.3, 0.4) is 0 Å². The predicted molar refractivity (Wildman–Crippen MR) is 73.0 cm³/mol.